The predicted molar refractivity (Wildman–Crippen MR) is 55.5 cm³/mol. The molecule has 1 nitrogen and oxygen atoms in total. The average Bonchev–Trinajstić information content (AvgIpc) is 2.26. The monoisotopic (exact) mass is 245 g/mol. The third-order valence-electron chi connectivity index (χ3n) is 1.96. The van der Waals surface area contributed by atoms with Gasteiger partial charge in [0.1, 0.15) is 0 Å². The van der Waals surface area contributed by atoms with E-state index >= 15 is 0 Å². The van der Waals surface area contributed by atoms with E-state index in [1.165, 1.54) is 19.1 Å². The highest BCUT2D eigenvalue weighted by atomic mass is 35.5. The van der Waals surface area contributed by atoms with Crippen molar-refractivity contribution in [1.29, 1.82) is 5.26 Å². The van der Waals surface area contributed by atoms with Crippen molar-refractivity contribution in [3.05, 3.63) is 41.0 Å². The molecule has 0 atom stereocenters. The fourth-order valence-electron chi connectivity index (χ4n) is 1.07. The van der Waals surface area contributed by atoms with Gasteiger partial charge < -0.3 is 0 Å². The minimum absolute atomic E-state index is 0.163. The number of allylic oxidation sites excluding steroid dienone is 1. The molecule has 16 heavy (non-hydrogen) atoms. The molecule has 1 aromatic carbocycles. The number of hydrogen-bond acceptors (Lipinski definition) is 1. The first kappa shape index (κ1) is 12.6. The van der Waals surface area contributed by atoms with Crippen LogP contribution in [0.25, 0.3) is 5.03 Å². The van der Waals surface area contributed by atoms with Crippen LogP contribution < -0.4 is 0 Å². The average molecular weight is 246 g/mol. The molecular weight excluding hydrogens is 239 g/mol. The van der Waals surface area contributed by atoms with Crippen LogP contribution in [0.3, 0.4) is 0 Å². The van der Waals surface area contributed by atoms with Crippen molar-refractivity contribution in [3.63, 3.8) is 0 Å². The molecule has 0 aliphatic heterocycles. The molecule has 0 fully saturated rings. The molecule has 0 amide bonds. The van der Waals surface area contributed by atoms with E-state index in [0.29, 0.717) is 5.56 Å². The van der Waals surface area contributed by atoms with Crippen LogP contribution in [0.4, 0.5) is 13.2 Å². The van der Waals surface area contributed by atoms with Gasteiger partial charge in [0.15, 0.2) is 0 Å². The fourth-order valence-corrected chi connectivity index (χ4v) is 1.24. The molecule has 0 spiro atoms. The van der Waals surface area contributed by atoms with Gasteiger partial charge in [0, 0.05) is 5.57 Å². The number of halogens is 4. The van der Waals surface area contributed by atoms with Gasteiger partial charge >= 0.3 is 6.18 Å². The summed E-state index contributed by atoms with van der Waals surface area (Å²) in [4.78, 5) is 0. The van der Waals surface area contributed by atoms with E-state index in [9.17, 15) is 13.2 Å². The Morgan fingerprint density at radius 3 is 2.12 bits per heavy atom. The maximum absolute atomic E-state index is 12.2. The van der Waals surface area contributed by atoms with E-state index in [-0.39, 0.29) is 10.6 Å². The largest absolute Gasteiger partial charge is 0.416 e. The van der Waals surface area contributed by atoms with E-state index < -0.39 is 11.7 Å². The normalized spacial score (nSPS) is 13.0. The third kappa shape index (κ3) is 2.77. The molecule has 0 aliphatic carbocycles. The highest BCUT2D eigenvalue weighted by Crippen LogP contribution is 2.31. The summed E-state index contributed by atoms with van der Waals surface area (Å²) in [5.41, 5.74) is -0.0783. The van der Waals surface area contributed by atoms with Gasteiger partial charge in [-0.15, -0.1) is 0 Å². The molecule has 0 aromatic heterocycles. The summed E-state index contributed by atoms with van der Waals surface area (Å²) in [5, 5.41) is 8.74. The molecule has 0 saturated carbocycles. The Hall–Kier alpha value is -1.47. The molecule has 0 aliphatic rings. The van der Waals surface area contributed by atoms with Crippen molar-refractivity contribution in [3.8, 4) is 6.07 Å². The van der Waals surface area contributed by atoms with Gasteiger partial charge in [0.25, 0.3) is 0 Å². The zero-order chi connectivity index (χ0) is 12.3. The molecule has 1 aromatic rings. The molecular formula is C11H7ClF3N. The van der Waals surface area contributed by atoms with Gasteiger partial charge in [0.05, 0.1) is 16.7 Å². The quantitative estimate of drug-likeness (QED) is 0.680. The lowest BCUT2D eigenvalue weighted by molar-refractivity contribution is -0.137. The Kier molecular flexibility index (Phi) is 3.61. The molecule has 84 valence electrons. The second-order valence-corrected chi connectivity index (χ2v) is 3.50. The Morgan fingerprint density at radius 1 is 1.25 bits per heavy atom. The van der Waals surface area contributed by atoms with Crippen LogP contribution in [-0.4, -0.2) is 0 Å². The Morgan fingerprint density at radius 2 is 1.75 bits per heavy atom. The van der Waals surface area contributed by atoms with Crippen LogP contribution in [0.5, 0.6) is 0 Å². The number of nitrogens with zero attached hydrogens (tertiary/aromatic N) is 1. The summed E-state index contributed by atoms with van der Waals surface area (Å²) in [6.07, 6.45) is -4.36. The maximum Gasteiger partial charge on any atom is 0.416 e. The predicted octanol–water partition coefficient (Wildman–Crippen LogP) is 4.20. The second kappa shape index (κ2) is 4.58. The molecule has 0 radical (unpaired) electrons. The Bertz CT molecular complexity index is 452. The van der Waals surface area contributed by atoms with Gasteiger partial charge in [-0.05, 0) is 24.6 Å². The first-order valence-electron chi connectivity index (χ1n) is 4.30. The van der Waals surface area contributed by atoms with Crippen LogP contribution in [0.15, 0.2) is 29.8 Å². The van der Waals surface area contributed by atoms with E-state index in [0.717, 1.165) is 12.1 Å². The number of benzene rings is 1. The zero-order valence-corrected chi connectivity index (χ0v) is 9.02. The highest BCUT2D eigenvalue weighted by molar-refractivity contribution is 6.49. The molecule has 0 N–H and O–H groups in total. The highest BCUT2D eigenvalue weighted by Gasteiger charge is 2.30. The van der Waals surface area contributed by atoms with Crippen molar-refractivity contribution in [2.24, 2.45) is 0 Å². The van der Waals surface area contributed by atoms with E-state index in [1.807, 2.05) is 6.07 Å². The van der Waals surface area contributed by atoms with Gasteiger partial charge in [-0.3, -0.25) is 0 Å². The topological polar surface area (TPSA) is 23.8 Å². The first-order valence-corrected chi connectivity index (χ1v) is 4.68. The number of hydrogen-bond donors (Lipinski definition) is 0. The van der Waals surface area contributed by atoms with Crippen LogP contribution in [0, 0.1) is 11.3 Å². The van der Waals surface area contributed by atoms with Gasteiger partial charge in [-0.2, -0.15) is 18.4 Å². The lowest BCUT2D eigenvalue weighted by Gasteiger charge is -2.07. The molecule has 0 unspecified atom stereocenters. The smallest absolute Gasteiger partial charge is 0.193 e. The Labute approximate surface area is 95.8 Å². The summed E-state index contributed by atoms with van der Waals surface area (Å²) in [7, 11) is 0. The molecule has 0 bridgehead atoms. The van der Waals surface area contributed by atoms with Crippen LogP contribution in [0.2, 0.25) is 0 Å². The van der Waals surface area contributed by atoms with Crippen LogP contribution in [-0.2, 0) is 6.18 Å². The SMILES string of the molecule is CC(C#N)=C(Cl)c1ccc(C(F)(F)F)cc1. The summed E-state index contributed by atoms with van der Waals surface area (Å²) in [5.74, 6) is 0. The van der Waals surface area contributed by atoms with E-state index in [4.69, 9.17) is 16.9 Å². The van der Waals surface area contributed by atoms with Gasteiger partial charge in [0.2, 0.25) is 0 Å². The van der Waals surface area contributed by atoms with Gasteiger partial charge in [-0.25, -0.2) is 0 Å². The van der Waals surface area contributed by atoms with Crippen LogP contribution in [0.1, 0.15) is 18.1 Å². The van der Waals surface area contributed by atoms with Crippen molar-refractivity contribution in [2.75, 3.05) is 0 Å². The number of alkyl halides is 3. The summed E-state index contributed by atoms with van der Waals surface area (Å²) >= 11 is 5.80. The maximum atomic E-state index is 12.2. The van der Waals surface area contributed by atoms with E-state index in [2.05, 4.69) is 0 Å². The molecule has 5 heteroatoms. The first-order chi connectivity index (χ1) is 7.36. The standard InChI is InChI=1S/C11H7ClF3N/c1-7(6-16)10(12)8-2-4-9(5-3-8)11(13,14)15/h2-5H,1H3. The van der Waals surface area contributed by atoms with Crippen molar-refractivity contribution >= 4 is 16.6 Å². The van der Waals surface area contributed by atoms with Crippen molar-refractivity contribution in [2.45, 2.75) is 13.1 Å². The van der Waals surface area contributed by atoms with Crippen LogP contribution >= 0.6 is 11.6 Å². The van der Waals surface area contributed by atoms with Gasteiger partial charge in [-0.1, -0.05) is 23.7 Å². The summed E-state index contributed by atoms with van der Waals surface area (Å²) in [6.45, 7) is 1.50. The zero-order valence-electron chi connectivity index (χ0n) is 8.27. The Balaban J connectivity index is 3.11. The molecule has 0 heterocycles. The summed E-state index contributed by atoms with van der Waals surface area (Å²) in [6, 6.07) is 6.18. The van der Waals surface area contributed by atoms with E-state index in [1.54, 1.807) is 0 Å². The lowest BCUT2D eigenvalue weighted by Crippen LogP contribution is -2.04. The number of rotatable bonds is 1. The van der Waals surface area contributed by atoms with Crippen molar-refractivity contribution < 1.29 is 13.2 Å². The molecule has 1 rings (SSSR count). The minimum Gasteiger partial charge on any atom is -0.193 e. The van der Waals surface area contributed by atoms with Crippen molar-refractivity contribution in [1.82, 2.24) is 0 Å². The third-order valence-corrected chi connectivity index (χ3v) is 2.46. The lowest BCUT2D eigenvalue weighted by atomic mass is 10.1. The summed E-state index contributed by atoms with van der Waals surface area (Å²) < 4.78 is 36.7. The second-order valence-electron chi connectivity index (χ2n) is 3.13. The minimum atomic E-state index is -4.36. The number of nitriles is 1. The molecule has 0 saturated heterocycles. The fraction of sp³-hybridized carbons (Fsp3) is 0.182.